The van der Waals surface area contributed by atoms with Crippen LogP contribution in [0.2, 0.25) is 0 Å². The zero-order chi connectivity index (χ0) is 13.9. The fraction of sp³-hybridized carbons (Fsp3) is 0.385. The lowest BCUT2D eigenvalue weighted by Crippen LogP contribution is -2.25. The highest BCUT2D eigenvalue weighted by Crippen LogP contribution is 2.21. The van der Waals surface area contributed by atoms with Crippen LogP contribution >= 0.6 is 0 Å². The van der Waals surface area contributed by atoms with Crippen LogP contribution in [0.25, 0.3) is 0 Å². The van der Waals surface area contributed by atoms with Gasteiger partial charge in [0.1, 0.15) is 5.60 Å². The summed E-state index contributed by atoms with van der Waals surface area (Å²) in [6, 6.07) is 4.72. The van der Waals surface area contributed by atoms with Gasteiger partial charge in [0.25, 0.3) is 0 Å². The molecule has 0 aromatic heterocycles. The van der Waals surface area contributed by atoms with Crippen molar-refractivity contribution in [2.24, 2.45) is 0 Å². The number of esters is 1. The van der Waals surface area contributed by atoms with E-state index in [9.17, 15) is 9.59 Å². The molecule has 0 bridgehead atoms. The van der Waals surface area contributed by atoms with Gasteiger partial charge >= 0.3 is 11.9 Å². The molecule has 5 nitrogen and oxygen atoms in total. The van der Waals surface area contributed by atoms with Crippen molar-refractivity contribution in [1.29, 1.82) is 0 Å². The van der Waals surface area contributed by atoms with Crippen molar-refractivity contribution in [3.05, 3.63) is 29.3 Å². The Bertz CT molecular complexity index is 474. The fourth-order valence-electron chi connectivity index (χ4n) is 1.51. The van der Waals surface area contributed by atoms with E-state index < -0.39 is 17.5 Å². The van der Waals surface area contributed by atoms with Crippen molar-refractivity contribution in [2.45, 2.75) is 32.8 Å². The quantitative estimate of drug-likeness (QED) is 0.632. The van der Waals surface area contributed by atoms with Gasteiger partial charge in [-0.15, -0.1) is 0 Å². The van der Waals surface area contributed by atoms with E-state index in [0.717, 1.165) is 0 Å². The van der Waals surface area contributed by atoms with Gasteiger partial charge in [-0.3, -0.25) is 4.79 Å². The van der Waals surface area contributed by atoms with Crippen LogP contribution in [0.4, 0.5) is 5.69 Å². The first-order chi connectivity index (χ1) is 8.20. The van der Waals surface area contributed by atoms with Crippen LogP contribution in [0, 0.1) is 0 Å². The summed E-state index contributed by atoms with van der Waals surface area (Å²) in [5, 5.41) is 8.80. The molecule has 5 heteroatoms. The van der Waals surface area contributed by atoms with Gasteiger partial charge in [0, 0.05) is 5.69 Å². The topological polar surface area (TPSA) is 89.6 Å². The summed E-state index contributed by atoms with van der Waals surface area (Å²) in [5.74, 6) is -1.62. The monoisotopic (exact) mass is 251 g/mol. The lowest BCUT2D eigenvalue weighted by atomic mass is 10.0. The second kappa shape index (κ2) is 5.08. The Morgan fingerprint density at radius 1 is 1.33 bits per heavy atom. The molecule has 0 aliphatic carbocycles. The Labute approximate surface area is 106 Å². The molecule has 1 aromatic carbocycles. The number of carbonyl (C=O) groups excluding carboxylic acids is 1. The number of carbonyl (C=O) groups is 2. The molecular formula is C13H17NO4. The summed E-state index contributed by atoms with van der Waals surface area (Å²) in [5.41, 5.74) is 5.79. The van der Waals surface area contributed by atoms with E-state index in [1.807, 2.05) is 0 Å². The van der Waals surface area contributed by atoms with Gasteiger partial charge in [0.15, 0.2) is 0 Å². The minimum Gasteiger partial charge on any atom is -0.481 e. The smallest absolute Gasteiger partial charge is 0.341 e. The molecule has 3 N–H and O–H groups in total. The van der Waals surface area contributed by atoms with Gasteiger partial charge in [-0.2, -0.15) is 0 Å². The fourth-order valence-corrected chi connectivity index (χ4v) is 1.51. The first-order valence-corrected chi connectivity index (χ1v) is 5.53. The molecular weight excluding hydrogens is 234 g/mol. The maximum atomic E-state index is 12.0. The molecule has 0 aliphatic rings. The van der Waals surface area contributed by atoms with Crippen LogP contribution in [0.15, 0.2) is 18.2 Å². The number of hydrogen-bond acceptors (Lipinski definition) is 4. The normalized spacial score (nSPS) is 11.1. The summed E-state index contributed by atoms with van der Waals surface area (Å²) in [7, 11) is 0. The molecule has 0 spiro atoms. The number of hydrogen-bond donors (Lipinski definition) is 2. The Hall–Kier alpha value is -2.04. The highest BCUT2D eigenvalue weighted by atomic mass is 16.6. The molecule has 0 saturated heterocycles. The number of aliphatic carboxylic acids is 1. The number of nitrogen functional groups attached to an aromatic ring is 1. The van der Waals surface area contributed by atoms with E-state index in [4.69, 9.17) is 15.6 Å². The Kier molecular flexibility index (Phi) is 3.96. The van der Waals surface area contributed by atoms with Gasteiger partial charge in [0.05, 0.1) is 12.0 Å². The average molecular weight is 251 g/mol. The number of ether oxygens (including phenoxy) is 1. The Morgan fingerprint density at radius 2 is 1.94 bits per heavy atom. The van der Waals surface area contributed by atoms with E-state index in [-0.39, 0.29) is 17.7 Å². The molecule has 98 valence electrons. The largest absolute Gasteiger partial charge is 0.481 e. The Balaban J connectivity index is 3.13. The highest BCUT2D eigenvalue weighted by molar-refractivity contribution is 5.98. The third-order valence-electron chi connectivity index (χ3n) is 2.13. The molecule has 0 aliphatic heterocycles. The number of anilines is 1. The second-order valence-electron chi connectivity index (χ2n) is 4.95. The second-order valence-corrected chi connectivity index (χ2v) is 4.95. The molecule has 0 saturated carbocycles. The standard InChI is InChI=1S/C13H17NO4/c1-13(2,3)18-12(17)11-8(7-10(15)16)5-4-6-9(11)14/h4-6H,7,14H2,1-3H3,(H,15,16). The molecule has 1 aromatic rings. The first kappa shape index (κ1) is 14.0. The predicted molar refractivity (Wildman–Crippen MR) is 67.4 cm³/mol. The third-order valence-corrected chi connectivity index (χ3v) is 2.13. The van der Waals surface area contributed by atoms with Gasteiger partial charge in [-0.05, 0) is 32.4 Å². The van der Waals surface area contributed by atoms with Crippen molar-refractivity contribution in [3.8, 4) is 0 Å². The van der Waals surface area contributed by atoms with Crippen molar-refractivity contribution in [2.75, 3.05) is 5.73 Å². The maximum Gasteiger partial charge on any atom is 0.341 e. The molecule has 0 atom stereocenters. The van der Waals surface area contributed by atoms with Gasteiger partial charge in [0.2, 0.25) is 0 Å². The first-order valence-electron chi connectivity index (χ1n) is 5.53. The van der Waals surface area contributed by atoms with E-state index in [2.05, 4.69) is 0 Å². The van der Waals surface area contributed by atoms with Gasteiger partial charge in [-0.1, -0.05) is 12.1 Å². The van der Waals surface area contributed by atoms with Gasteiger partial charge < -0.3 is 15.6 Å². The van der Waals surface area contributed by atoms with Crippen molar-refractivity contribution >= 4 is 17.6 Å². The number of carboxylic acid groups (broad SMARTS) is 1. The minimum absolute atomic E-state index is 0.134. The summed E-state index contributed by atoms with van der Waals surface area (Å²) in [6.45, 7) is 5.21. The van der Waals surface area contributed by atoms with Crippen LogP contribution in [0.5, 0.6) is 0 Å². The van der Waals surface area contributed by atoms with Gasteiger partial charge in [-0.25, -0.2) is 4.79 Å². The van der Waals surface area contributed by atoms with E-state index in [0.29, 0.717) is 5.56 Å². The molecule has 0 fully saturated rings. The molecule has 1 rings (SSSR count). The van der Waals surface area contributed by atoms with Crippen LogP contribution < -0.4 is 5.73 Å². The molecule has 0 radical (unpaired) electrons. The van der Waals surface area contributed by atoms with Crippen LogP contribution in [-0.2, 0) is 16.0 Å². The van der Waals surface area contributed by atoms with Crippen molar-refractivity contribution in [1.82, 2.24) is 0 Å². The SMILES string of the molecule is CC(C)(C)OC(=O)c1c(N)cccc1CC(=O)O. The summed E-state index contributed by atoms with van der Waals surface area (Å²) < 4.78 is 5.21. The van der Waals surface area contributed by atoms with E-state index in [1.54, 1.807) is 39.0 Å². The van der Waals surface area contributed by atoms with E-state index >= 15 is 0 Å². The number of nitrogens with two attached hydrogens (primary N) is 1. The highest BCUT2D eigenvalue weighted by Gasteiger charge is 2.23. The van der Waals surface area contributed by atoms with Crippen LogP contribution in [0.1, 0.15) is 36.7 Å². The van der Waals surface area contributed by atoms with Crippen molar-refractivity contribution in [3.63, 3.8) is 0 Å². The molecule has 0 heterocycles. The van der Waals surface area contributed by atoms with E-state index in [1.165, 1.54) is 0 Å². The lowest BCUT2D eigenvalue weighted by Gasteiger charge is -2.21. The summed E-state index contributed by atoms with van der Waals surface area (Å²) in [6.07, 6.45) is -0.264. The Morgan fingerprint density at radius 3 is 2.44 bits per heavy atom. The predicted octanol–water partition coefficient (Wildman–Crippen LogP) is 1.85. The summed E-state index contributed by atoms with van der Waals surface area (Å²) in [4.78, 5) is 22.7. The lowest BCUT2D eigenvalue weighted by molar-refractivity contribution is -0.136. The average Bonchev–Trinajstić information content (AvgIpc) is 2.13. The third kappa shape index (κ3) is 3.76. The number of rotatable bonds is 3. The summed E-state index contributed by atoms with van der Waals surface area (Å²) >= 11 is 0. The van der Waals surface area contributed by atoms with Crippen LogP contribution in [-0.4, -0.2) is 22.6 Å². The van der Waals surface area contributed by atoms with Crippen molar-refractivity contribution < 1.29 is 19.4 Å². The maximum absolute atomic E-state index is 12.0. The minimum atomic E-state index is -1.02. The van der Waals surface area contributed by atoms with Crippen LogP contribution in [0.3, 0.4) is 0 Å². The molecule has 0 unspecified atom stereocenters. The molecule has 0 amide bonds. The number of carboxylic acids is 1. The zero-order valence-electron chi connectivity index (χ0n) is 10.7. The number of benzene rings is 1. The zero-order valence-corrected chi connectivity index (χ0v) is 10.7. The molecule has 18 heavy (non-hydrogen) atoms.